The highest BCUT2D eigenvalue weighted by Crippen LogP contribution is 2.39. The van der Waals surface area contributed by atoms with E-state index in [1.165, 1.54) is 0 Å². The lowest BCUT2D eigenvalue weighted by Crippen LogP contribution is -2.37. The molecule has 2 aromatic carbocycles. The van der Waals surface area contributed by atoms with E-state index in [0.717, 1.165) is 64.2 Å². The summed E-state index contributed by atoms with van der Waals surface area (Å²) in [6.45, 7) is 2.72. The molecule has 5 rings (SSSR count). The van der Waals surface area contributed by atoms with Crippen LogP contribution in [0.3, 0.4) is 0 Å². The van der Waals surface area contributed by atoms with Crippen molar-refractivity contribution >= 4 is 39.2 Å². The SMILES string of the molecule is Nc1ncc(/C=C/C(=O)NCC2CCCNC2)c2scc(-c3ccc(Oc4ccccc4)cc3)c12. The normalized spacial score (nSPS) is 15.9. The van der Waals surface area contributed by atoms with E-state index in [1.54, 1.807) is 23.6 Å². The summed E-state index contributed by atoms with van der Waals surface area (Å²) in [5.41, 5.74) is 9.22. The fourth-order valence-corrected chi connectivity index (χ4v) is 5.39. The Labute approximate surface area is 208 Å². The minimum absolute atomic E-state index is 0.0914. The molecule has 3 heterocycles. The number of para-hydroxylation sites is 1. The molecule has 0 bridgehead atoms. The maximum absolute atomic E-state index is 12.4. The van der Waals surface area contributed by atoms with Crippen LogP contribution in [0.4, 0.5) is 5.82 Å². The number of nitrogens with one attached hydrogen (secondary N) is 2. The van der Waals surface area contributed by atoms with Crippen molar-refractivity contribution in [3.05, 3.63) is 77.8 Å². The second kappa shape index (κ2) is 10.7. The summed E-state index contributed by atoms with van der Waals surface area (Å²) in [6.07, 6.45) is 7.44. The summed E-state index contributed by atoms with van der Waals surface area (Å²) in [5.74, 6) is 2.45. The van der Waals surface area contributed by atoms with Crippen molar-refractivity contribution < 1.29 is 9.53 Å². The van der Waals surface area contributed by atoms with Crippen molar-refractivity contribution in [1.29, 1.82) is 0 Å². The lowest BCUT2D eigenvalue weighted by atomic mass is 10.00. The molecule has 4 N–H and O–H groups in total. The van der Waals surface area contributed by atoms with Crippen molar-refractivity contribution in [2.75, 3.05) is 25.4 Å². The molecule has 2 aromatic heterocycles. The number of piperidine rings is 1. The summed E-state index contributed by atoms with van der Waals surface area (Å²) >= 11 is 1.60. The van der Waals surface area contributed by atoms with Gasteiger partial charge in [0.1, 0.15) is 17.3 Å². The number of benzene rings is 2. The average Bonchev–Trinajstić information content (AvgIpc) is 3.35. The zero-order chi connectivity index (χ0) is 24.0. The monoisotopic (exact) mass is 484 g/mol. The molecule has 7 heteroatoms. The first-order valence-corrected chi connectivity index (χ1v) is 12.7. The van der Waals surface area contributed by atoms with Gasteiger partial charge in [-0.05, 0) is 73.1 Å². The Hall–Kier alpha value is -3.68. The van der Waals surface area contributed by atoms with Gasteiger partial charge < -0.3 is 21.1 Å². The third-order valence-electron chi connectivity index (χ3n) is 6.17. The molecule has 0 radical (unpaired) electrons. The molecule has 35 heavy (non-hydrogen) atoms. The highest BCUT2D eigenvalue weighted by molar-refractivity contribution is 7.18. The number of pyridine rings is 1. The largest absolute Gasteiger partial charge is 0.457 e. The van der Waals surface area contributed by atoms with Crippen LogP contribution in [0.2, 0.25) is 0 Å². The number of nitrogens with zero attached hydrogens (tertiary/aromatic N) is 1. The number of fused-ring (bicyclic) bond motifs is 1. The van der Waals surface area contributed by atoms with Crippen molar-refractivity contribution in [3.8, 4) is 22.6 Å². The molecular formula is C28H28N4O2S. The number of anilines is 1. The Morgan fingerprint density at radius 1 is 1.17 bits per heavy atom. The maximum Gasteiger partial charge on any atom is 0.244 e. The molecule has 1 aliphatic heterocycles. The van der Waals surface area contributed by atoms with E-state index in [-0.39, 0.29) is 5.91 Å². The molecule has 1 unspecified atom stereocenters. The molecule has 0 saturated carbocycles. The van der Waals surface area contributed by atoms with Gasteiger partial charge in [-0.3, -0.25) is 4.79 Å². The summed E-state index contributed by atoms with van der Waals surface area (Å²) in [7, 11) is 0. The predicted molar refractivity (Wildman–Crippen MR) is 144 cm³/mol. The Bertz CT molecular complexity index is 1330. The van der Waals surface area contributed by atoms with Crippen LogP contribution in [0.1, 0.15) is 18.4 Å². The number of rotatable bonds is 7. The van der Waals surface area contributed by atoms with Crippen LogP contribution in [-0.2, 0) is 4.79 Å². The third-order valence-corrected chi connectivity index (χ3v) is 7.20. The standard InChI is InChI=1S/C28H28N4O2S/c29-28-26-24(20-8-11-23(12-9-20)34-22-6-2-1-3-7-22)18-35-27(26)21(17-32-28)10-13-25(33)31-16-19-5-4-14-30-15-19/h1-3,6-13,17-19,30H,4-5,14-16H2,(H2,29,32)(H,31,33)/b13-10+. The molecule has 178 valence electrons. The number of nitrogen functional groups attached to an aromatic ring is 1. The lowest BCUT2D eigenvalue weighted by molar-refractivity contribution is -0.116. The van der Waals surface area contributed by atoms with Crippen LogP contribution >= 0.6 is 11.3 Å². The van der Waals surface area contributed by atoms with Gasteiger partial charge in [-0.25, -0.2) is 4.98 Å². The number of carbonyl (C=O) groups is 1. The topological polar surface area (TPSA) is 89.3 Å². The van der Waals surface area contributed by atoms with Gasteiger partial charge >= 0.3 is 0 Å². The van der Waals surface area contributed by atoms with E-state index in [0.29, 0.717) is 18.3 Å². The molecule has 1 amide bonds. The minimum Gasteiger partial charge on any atom is -0.457 e. The summed E-state index contributed by atoms with van der Waals surface area (Å²) in [5, 5.41) is 9.38. The quantitative estimate of drug-likeness (QED) is 0.303. The molecule has 4 aromatic rings. The molecular weight excluding hydrogens is 456 g/mol. The number of ether oxygens (including phenoxy) is 1. The average molecular weight is 485 g/mol. The van der Waals surface area contributed by atoms with E-state index in [2.05, 4.69) is 21.0 Å². The van der Waals surface area contributed by atoms with Gasteiger partial charge in [0.2, 0.25) is 5.91 Å². The van der Waals surface area contributed by atoms with E-state index in [4.69, 9.17) is 10.5 Å². The van der Waals surface area contributed by atoms with Gasteiger partial charge in [0.15, 0.2) is 0 Å². The smallest absolute Gasteiger partial charge is 0.244 e. The number of hydrogen-bond acceptors (Lipinski definition) is 6. The fraction of sp³-hybridized carbons (Fsp3) is 0.214. The first kappa shape index (κ1) is 23.1. The fourth-order valence-electron chi connectivity index (χ4n) is 4.31. The van der Waals surface area contributed by atoms with Gasteiger partial charge in [-0.2, -0.15) is 0 Å². The van der Waals surface area contributed by atoms with Crippen LogP contribution in [-0.4, -0.2) is 30.5 Å². The summed E-state index contributed by atoms with van der Waals surface area (Å²) in [6, 6.07) is 17.6. The summed E-state index contributed by atoms with van der Waals surface area (Å²) in [4.78, 5) is 16.8. The second-order valence-corrected chi connectivity index (χ2v) is 9.56. The molecule has 1 saturated heterocycles. The van der Waals surface area contributed by atoms with Crippen molar-refractivity contribution in [2.24, 2.45) is 5.92 Å². The lowest BCUT2D eigenvalue weighted by Gasteiger charge is -2.22. The molecule has 1 fully saturated rings. The van der Waals surface area contributed by atoms with Gasteiger partial charge in [0.05, 0.1) is 0 Å². The Morgan fingerprint density at radius 2 is 1.97 bits per heavy atom. The number of thiophene rings is 1. The van der Waals surface area contributed by atoms with E-state index in [1.807, 2.05) is 60.7 Å². The molecule has 1 aliphatic rings. The number of nitrogens with two attached hydrogens (primary N) is 1. The first-order chi connectivity index (χ1) is 17.2. The van der Waals surface area contributed by atoms with E-state index < -0.39 is 0 Å². The van der Waals surface area contributed by atoms with Crippen LogP contribution in [0.25, 0.3) is 27.3 Å². The zero-order valence-corrected chi connectivity index (χ0v) is 20.2. The highest BCUT2D eigenvalue weighted by Gasteiger charge is 2.15. The number of aromatic nitrogens is 1. The van der Waals surface area contributed by atoms with Crippen LogP contribution in [0.15, 0.2) is 72.3 Å². The van der Waals surface area contributed by atoms with E-state index in [9.17, 15) is 4.79 Å². The maximum atomic E-state index is 12.4. The minimum atomic E-state index is -0.0914. The van der Waals surface area contributed by atoms with Crippen LogP contribution < -0.4 is 21.1 Å². The second-order valence-electron chi connectivity index (χ2n) is 8.68. The molecule has 6 nitrogen and oxygen atoms in total. The Balaban J connectivity index is 1.32. The first-order valence-electron chi connectivity index (χ1n) is 11.8. The van der Waals surface area contributed by atoms with Gasteiger partial charge in [0.25, 0.3) is 0 Å². The van der Waals surface area contributed by atoms with E-state index >= 15 is 0 Å². The van der Waals surface area contributed by atoms with Gasteiger partial charge in [-0.15, -0.1) is 11.3 Å². The van der Waals surface area contributed by atoms with Crippen LogP contribution in [0, 0.1) is 5.92 Å². The number of hydrogen-bond donors (Lipinski definition) is 3. The Kier molecular flexibility index (Phi) is 7.07. The molecule has 0 aliphatic carbocycles. The van der Waals surface area contributed by atoms with Crippen molar-refractivity contribution in [1.82, 2.24) is 15.6 Å². The zero-order valence-electron chi connectivity index (χ0n) is 19.4. The highest BCUT2D eigenvalue weighted by atomic mass is 32.1. The van der Waals surface area contributed by atoms with Crippen molar-refractivity contribution in [3.63, 3.8) is 0 Å². The van der Waals surface area contributed by atoms with Crippen molar-refractivity contribution in [2.45, 2.75) is 12.8 Å². The predicted octanol–water partition coefficient (Wildman–Crippen LogP) is 5.47. The van der Waals surface area contributed by atoms with Gasteiger partial charge in [-0.1, -0.05) is 30.3 Å². The summed E-state index contributed by atoms with van der Waals surface area (Å²) < 4.78 is 6.92. The van der Waals surface area contributed by atoms with Crippen LogP contribution in [0.5, 0.6) is 11.5 Å². The number of carbonyl (C=O) groups excluding carboxylic acids is 1. The number of amides is 1. The van der Waals surface area contributed by atoms with Gasteiger partial charge in [0, 0.05) is 40.0 Å². The molecule has 0 spiro atoms. The molecule has 1 atom stereocenters. The Morgan fingerprint density at radius 3 is 2.74 bits per heavy atom. The third kappa shape index (κ3) is 5.53.